The van der Waals surface area contributed by atoms with Crippen molar-refractivity contribution in [2.24, 2.45) is 5.92 Å². The molecule has 23 heavy (non-hydrogen) atoms. The Balaban J connectivity index is 1.42. The Kier molecular flexibility index (Phi) is 4.13. The molecular weight excluding hydrogens is 314 g/mol. The summed E-state index contributed by atoms with van der Waals surface area (Å²) < 4.78 is 32.5. The highest BCUT2D eigenvalue weighted by Gasteiger charge is 2.46. The van der Waals surface area contributed by atoms with Crippen LogP contribution in [0.5, 0.6) is 0 Å². The SMILES string of the molecule is O=S(=O)(C1CC1)N1C[C@@H]2CN(Cc3cccnc3)CCO[C@@H]2C1. The van der Waals surface area contributed by atoms with Gasteiger partial charge in [-0.05, 0) is 24.5 Å². The third-order valence-electron chi connectivity index (χ3n) is 5.01. The zero-order valence-corrected chi connectivity index (χ0v) is 14.0. The number of rotatable bonds is 4. The molecule has 0 bridgehead atoms. The monoisotopic (exact) mass is 337 g/mol. The van der Waals surface area contributed by atoms with Crippen molar-refractivity contribution in [1.82, 2.24) is 14.2 Å². The minimum absolute atomic E-state index is 0.0439. The highest BCUT2D eigenvalue weighted by atomic mass is 32.2. The maximum atomic E-state index is 12.4. The minimum Gasteiger partial charge on any atom is -0.375 e. The van der Waals surface area contributed by atoms with Gasteiger partial charge >= 0.3 is 0 Å². The standard InChI is InChI=1S/C16H23N3O3S/c20-23(21,15-3-4-15)19-11-14-10-18(6-7-22-16(14)12-19)9-13-2-1-5-17-8-13/h1-2,5,8,14-16H,3-4,6-7,9-12H2/t14-,16+/m0/s1. The average Bonchev–Trinajstić information content (AvgIpc) is 3.34. The normalized spacial score (nSPS) is 30.1. The molecule has 0 aromatic carbocycles. The Bertz CT molecular complexity index is 648. The Morgan fingerprint density at radius 3 is 2.87 bits per heavy atom. The molecule has 2 aliphatic heterocycles. The molecule has 0 N–H and O–H groups in total. The first-order valence-corrected chi connectivity index (χ1v) is 9.85. The van der Waals surface area contributed by atoms with Crippen molar-refractivity contribution >= 4 is 10.0 Å². The van der Waals surface area contributed by atoms with Gasteiger partial charge < -0.3 is 4.74 Å². The lowest BCUT2D eigenvalue weighted by Gasteiger charge is -2.23. The molecule has 3 heterocycles. The van der Waals surface area contributed by atoms with E-state index in [1.807, 2.05) is 12.3 Å². The summed E-state index contributed by atoms with van der Waals surface area (Å²) in [4.78, 5) is 6.52. The fourth-order valence-electron chi connectivity index (χ4n) is 3.60. The van der Waals surface area contributed by atoms with Gasteiger partial charge in [0.2, 0.25) is 10.0 Å². The molecule has 126 valence electrons. The molecule has 3 aliphatic rings. The van der Waals surface area contributed by atoms with Gasteiger partial charge in [0.05, 0.1) is 18.0 Å². The molecule has 1 aromatic heterocycles. The largest absolute Gasteiger partial charge is 0.375 e. The van der Waals surface area contributed by atoms with E-state index in [1.165, 1.54) is 5.56 Å². The van der Waals surface area contributed by atoms with Crippen molar-refractivity contribution in [2.45, 2.75) is 30.7 Å². The summed E-state index contributed by atoms with van der Waals surface area (Å²) in [5, 5.41) is -0.128. The van der Waals surface area contributed by atoms with Crippen LogP contribution in [-0.4, -0.2) is 66.7 Å². The van der Waals surface area contributed by atoms with E-state index in [-0.39, 0.29) is 17.3 Å². The quantitative estimate of drug-likeness (QED) is 0.810. The van der Waals surface area contributed by atoms with Gasteiger partial charge in [-0.2, -0.15) is 4.31 Å². The predicted octanol–water partition coefficient (Wildman–Crippen LogP) is 0.706. The van der Waals surface area contributed by atoms with E-state index < -0.39 is 10.0 Å². The van der Waals surface area contributed by atoms with Crippen LogP contribution in [0.4, 0.5) is 0 Å². The van der Waals surface area contributed by atoms with Crippen molar-refractivity contribution in [3.05, 3.63) is 30.1 Å². The second-order valence-corrected chi connectivity index (χ2v) is 9.04. The summed E-state index contributed by atoms with van der Waals surface area (Å²) in [6.07, 6.45) is 5.36. The molecule has 1 saturated carbocycles. The van der Waals surface area contributed by atoms with Gasteiger partial charge in [0.15, 0.2) is 0 Å². The average molecular weight is 337 g/mol. The molecule has 6 nitrogen and oxygen atoms in total. The van der Waals surface area contributed by atoms with E-state index >= 15 is 0 Å². The van der Waals surface area contributed by atoms with Crippen LogP contribution in [0.15, 0.2) is 24.5 Å². The minimum atomic E-state index is -3.09. The van der Waals surface area contributed by atoms with E-state index in [2.05, 4.69) is 16.0 Å². The Morgan fingerprint density at radius 1 is 1.26 bits per heavy atom. The van der Waals surface area contributed by atoms with E-state index in [0.29, 0.717) is 19.7 Å². The first-order chi connectivity index (χ1) is 11.1. The molecule has 2 atom stereocenters. The number of pyridine rings is 1. The first-order valence-electron chi connectivity index (χ1n) is 8.35. The number of hydrogen-bond donors (Lipinski definition) is 0. The van der Waals surface area contributed by atoms with Crippen molar-refractivity contribution in [1.29, 1.82) is 0 Å². The van der Waals surface area contributed by atoms with E-state index in [9.17, 15) is 8.42 Å². The van der Waals surface area contributed by atoms with Gasteiger partial charge in [0, 0.05) is 51.0 Å². The molecule has 0 spiro atoms. The van der Waals surface area contributed by atoms with Crippen LogP contribution in [0.25, 0.3) is 0 Å². The lowest BCUT2D eigenvalue weighted by atomic mass is 10.1. The Hall–Kier alpha value is -1.02. The topological polar surface area (TPSA) is 62.7 Å². The highest BCUT2D eigenvalue weighted by Crippen LogP contribution is 2.35. The molecule has 0 amide bonds. The fraction of sp³-hybridized carbons (Fsp3) is 0.688. The molecular formula is C16H23N3O3S. The maximum absolute atomic E-state index is 12.4. The summed E-state index contributed by atoms with van der Waals surface area (Å²) in [6.45, 7) is 4.42. The third kappa shape index (κ3) is 3.28. The summed E-state index contributed by atoms with van der Waals surface area (Å²) >= 11 is 0. The van der Waals surface area contributed by atoms with E-state index in [4.69, 9.17) is 4.74 Å². The second-order valence-electron chi connectivity index (χ2n) is 6.83. The number of aromatic nitrogens is 1. The molecule has 0 radical (unpaired) electrons. The predicted molar refractivity (Wildman–Crippen MR) is 86.3 cm³/mol. The smallest absolute Gasteiger partial charge is 0.217 e. The first kappa shape index (κ1) is 15.5. The summed E-state index contributed by atoms with van der Waals surface area (Å²) in [6, 6.07) is 4.03. The lowest BCUT2D eigenvalue weighted by Crippen LogP contribution is -2.35. The maximum Gasteiger partial charge on any atom is 0.217 e. The van der Waals surface area contributed by atoms with Crippen molar-refractivity contribution in [2.75, 3.05) is 32.8 Å². The lowest BCUT2D eigenvalue weighted by molar-refractivity contribution is 0.0546. The third-order valence-corrected chi connectivity index (χ3v) is 7.35. The fourth-order valence-corrected chi connectivity index (χ4v) is 5.51. The van der Waals surface area contributed by atoms with Crippen molar-refractivity contribution in [3.8, 4) is 0 Å². The number of sulfonamides is 1. The van der Waals surface area contributed by atoms with Crippen molar-refractivity contribution < 1.29 is 13.2 Å². The molecule has 2 saturated heterocycles. The van der Waals surface area contributed by atoms with Gasteiger partial charge in [-0.25, -0.2) is 8.42 Å². The van der Waals surface area contributed by atoms with Crippen LogP contribution >= 0.6 is 0 Å². The van der Waals surface area contributed by atoms with E-state index in [1.54, 1.807) is 10.5 Å². The zero-order chi connectivity index (χ0) is 15.9. The number of hydrogen-bond acceptors (Lipinski definition) is 5. The van der Waals surface area contributed by atoms with E-state index in [0.717, 1.165) is 32.5 Å². The van der Waals surface area contributed by atoms with Crippen LogP contribution in [-0.2, 0) is 21.3 Å². The number of ether oxygens (including phenoxy) is 1. The van der Waals surface area contributed by atoms with Gasteiger partial charge in [0.1, 0.15) is 0 Å². The molecule has 3 fully saturated rings. The number of nitrogens with zero attached hydrogens (tertiary/aromatic N) is 3. The number of fused-ring (bicyclic) bond motifs is 1. The summed E-state index contributed by atoms with van der Waals surface area (Å²) in [5.74, 6) is 0.266. The highest BCUT2D eigenvalue weighted by molar-refractivity contribution is 7.90. The van der Waals surface area contributed by atoms with Gasteiger partial charge in [-0.3, -0.25) is 9.88 Å². The second kappa shape index (κ2) is 6.12. The Labute approximate surface area is 137 Å². The van der Waals surface area contributed by atoms with Gasteiger partial charge in [-0.1, -0.05) is 6.07 Å². The molecule has 4 rings (SSSR count). The van der Waals surface area contributed by atoms with Crippen LogP contribution in [0.3, 0.4) is 0 Å². The molecule has 1 aliphatic carbocycles. The van der Waals surface area contributed by atoms with Gasteiger partial charge in [0.25, 0.3) is 0 Å². The van der Waals surface area contributed by atoms with Crippen LogP contribution in [0.2, 0.25) is 0 Å². The van der Waals surface area contributed by atoms with Gasteiger partial charge in [-0.15, -0.1) is 0 Å². The van der Waals surface area contributed by atoms with Crippen molar-refractivity contribution in [3.63, 3.8) is 0 Å². The molecule has 7 heteroatoms. The van der Waals surface area contributed by atoms with Crippen LogP contribution in [0, 0.1) is 5.92 Å². The Morgan fingerprint density at radius 2 is 2.13 bits per heavy atom. The van der Waals surface area contributed by atoms with Crippen LogP contribution in [0.1, 0.15) is 18.4 Å². The zero-order valence-electron chi connectivity index (χ0n) is 13.2. The summed E-state index contributed by atoms with van der Waals surface area (Å²) in [7, 11) is -3.09. The summed E-state index contributed by atoms with van der Waals surface area (Å²) in [5.41, 5.74) is 1.19. The molecule has 1 aromatic rings. The molecule has 0 unspecified atom stereocenters. The van der Waals surface area contributed by atoms with Crippen LogP contribution < -0.4 is 0 Å².